The summed E-state index contributed by atoms with van der Waals surface area (Å²) in [5.41, 5.74) is -1.03. The van der Waals surface area contributed by atoms with Crippen LogP contribution < -0.4 is 4.74 Å². The van der Waals surface area contributed by atoms with Gasteiger partial charge in [-0.1, -0.05) is 18.2 Å². The lowest BCUT2D eigenvalue weighted by Crippen LogP contribution is -2.33. The summed E-state index contributed by atoms with van der Waals surface area (Å²) in [5.74, 6) is -1.60. The summed E-state index contributed by atoms with van der Waals surface area (Å²) < 4.78 is 5.65. The molecule has 3 aromatic carbocycles. The van der Waals surface area contributed by atoms with Crippen molar-refractivity contribution in [3.05, 3.63) is 113 Å². The molecule has 1 saturated heterocycles. The van der Waals surface area contributed by atoms with E-state index in [2.05, 4.69) is 0 Å². The first-order chi connectivity index (χ1) is 18.5. The quantitative estimate of drug-likeness (QED) is 0.148. The Morgan fingerprint density at radius 1 is 0.846 bits per heavy atom. The fourth-order valence-electron chi connectivity index (χ4n) is 3.44. The van der Waals surface area contributed by atoms with Gasteiger partial charge in [-0.25, -0.2) is 0 Å². The van der Waals surface area contributed by atoms with E-state index in [-0.39, 0.29) is 33.2 Å². The summed E-state index contributed by atoms with van der Waals surface area (Å²) in [7, 11) is 0. The molecule has 2 amide bonds. The van der Waals surface area contributed by atoms with Crippen molar-refractivity contribution >= 4 is 51.8 Å². The van der Waals surface area contributed by atoms with Gasteiger partial charge in [0, 0.05) is 29.3 Å². The number of para-hydroxylation sites is 1. The van der Waals surface area contributed by atoms with Crippen LogP contribution in [-0.4, -0.2) is 43.1 Å². The van der Waals surface area contributed by atoms with Gasteiger partial charge in [0.05, 0.1) is 32.3 Å². The number of rotatable bonds is 9. The fourth-order valence-corrected chi connectivity index (χ4v) is 4.27. The third-order valence-electron chi connectivity index (χ3n) is 5.35. The van der Waals surface area contributed by atoms with Gasteiger partial charge in [0.25, 0.3) is 22.5 Å². The highest BCUT2D eigenvalue weighted by Crippen LogP contribution is 2.38. The Hall–Kier alpha value is -5.44. The van der Waals surface area contributed by atoms with Gasteiger partial charge in [-0.3, -0.25) is 49.6 Å². The number of carbonyl (C=O) groups is 3. The van der Waals surface area contributed by atoms with Gasteiger partial charge in [0.1, 0.15) is 5.75 Å². The summed E-state index contributed by atoms with van der Waals surface area (Å²) in [4.78, 5) is 69.7. The van der Waals surface area contributed by atoms with Crippen LogP contribution in [0, 0.1) is 30.3 Å². The topological polar surface area (TPSA) is 193 Å². The first kappa shape index (κ1) is 26.6. The zero-order chi connectivity index (χ0) is 28.3. The molecule has 1 aliphatic rings. The van der Waals surface area contributed by atoms with Crippen molar-refractivity contribution in [2.24, 2.45) is 0 Å². The minimum absolute atomic E-state index is 0.0502. The van der Waals surface area contributed by atoms with Gasteiger partial charge >= 0.3 is 5.69 Å². The molecule has 0 aromatic heterocycles. The second kappa shape index (κ2) is 10.9. The smallest absolute Gasteiger partial charge is 0.318 e. The van der Waals surface area contributed by atoms with E-state index < -0.39 is 49.6 Å². The number of Topliss-reactive ketones (excluding diaryl/α,β-unsaturated/α-hetero) is 1. The normalized spacial score (nSPS) is 13.9. The molecule has 3 aromatic rings. The van der Waals surface area contributed by atoms with Gasteiger partial charge in [0.2, 0.25) is 5.75 Å². The average Bonchev–Trinajstić information content (AvgIpc) is 3.16. The highest BCUT2D eigenvalue weighted by atomic mass is 32.2. The van der Waals surface area contributed by atoms with Gasteiger partial charge in [-0.2, -0.15) is 0 Å². The lowest BCUT2D eigenvalue weighted by Gasteiger charge is -2.11. The largest absolute Gasteiger partial charge is 0.449 e. The van der Waals surface area contributed by atoms with Gasteiger partial charge < -0.3 is 4.74 Å². The van der Waals surface area contributed by atoms with E-state index in [4.69, 9.17) is 4.74 Å². The van der Waals surface area contributed by atoms with Crippen molar-refractivity contribution in [2.45, 2.75) is 0 Å². The molecule has 0 saturated carbocycles. The molecule has 0 unspecified atom stereocenters. The number of nitro groups is 3. The molecule has 14 nitrogen and oxygen atoms in total. The zero-order valence-corrected chi connectivity index (χ0v) is 20.2. The van der Waals surface area contributed by atoms with Crippen molar-refractivity contribution in [2.75, 3.05) is 6.54 Å². The molecular weight excluding hydrogens is 536 g/mol. The summed E-state index contributed by atoms with van der Waals surface area (Å²) in [5, 5.41) is 32.5. The number of hydrogen-bond donors (Lipinski definition) is 0. The standard InChI is InChI=1S/C24H14N4O10S/c29-19(14-5-7-16(8-6-14)26(32)33)13-25-23(30)22(39-24(25)31)11-15-3-1-2-4-20(15)38-21-10-9-17(27(34)35)12-18(21)28(36)37/h1-12H,13H2/b22-11+. The molecular formula is C24H14N4O10S. The second-order valence-corrected chi connectivity index (χ2v) is 8.79. The van der Waals surface area contributed by atoms with Crippen LogP contribution in [0.2, 0.25) is 0 Å². The molecule has 0 N–H and O–H groups in total. The maximum atomic E-state index is 12.9. The number of ketones is 1. The first-order valence-electron chi connectivity index (χ1n) is 10.8. The minimum Gasteiger partial charge on any atom is -0.449 e. The van der Waals surface area contributed by atoms with Crippen LogP contribution in [0.15, 0.2) is 71.6 Å². The van der Waals surface area contributed by atoms with Crippen LogP contribution >= 0.6 is 11.8 Å². The number of ether oxygens (including phenoxy) is 1. The monoisotopic (exact) mass is 550 g/mol. The lowest BCUT2D eigenvalue weighted by molar-refractivity contribution is -0.394. The Labute approximate surface area is 221 Å². The number of benzene rings is 3. The predicted octanol–water partition coefficient (Wildman–Crippen LogP) is 5.12. The number of amides is 2. The van der Waals surface area contributed by atoms with Crippen molar-refractivity contribution in [3.8, 4) is 11.5 Å². The third kappa shape index (κ3) is 5.78. The van der Waals surface area contributed by atoms with Gasteiger partial charge in [-0.05, 0) is 42.1 Å². The maximum Gasteiger partial charge on any atom is 0.318 e. The molecule has 39 heavy (non-hydrogen) atoms. The number of non-ortho nitro benzene ring substituents is 2. The highest BCUT2D eigenvalue weighted by molar-refractivity contribution is 8.18. The van der Waals surface area contributed by atoms with Crippen LogP contribution in [0.5, 0.6) is 11.5 Å². The SMILES string of the molecule is O=C(CN1C(=O)S/C(=C/c2ccccc2Oc2ccc([N+](=O)[O-])cc2[N+](=O)[O-])C1=O)c1ccc([N+](=O)[O-])cc1. The number of hydrogen-bond acceptors (Lipinski definition) is 11. The third-order valence-corrected chi connectivity index (χ3v) is 6.26. The number of carbonyl (C=O) groups excluding carboxylic acids is 3. The Morgan fingerprint density at radius 2 is 1.49 bits per heavy atom. The molecule has 1 heterocycles. The molecule has 0 bridgehead atoms. The van der Waals surface area contributed by atoms with E-state index in [1.54, 1.807) is 12.1 Å². The van der Waals surface area contributed by atoms with E-state index >= 15 is 0 Å². The molecule has 0 spiro atoms. The molecule has 0 aliphatic carbocycles. The number of imide groups is 1. The lowest BCUT2D eigenvalue weighted by atomic mass is 10.1. The van der Waals surface area contributed by atoms with Crippen molar-refractivity contribution in [1.82, 2.24) is 4.90 Å². The Balaban J connectivity index is 1.56. The maximum absolute atomic E-state index is 12.9. The molecule has 0 radical (unpaired) electrons. The molecule has 1 aliphatic heterocycles. The zero-order valence-electron chi connectivity index (χ0n) is 19.4. The van der Waals surface area contributed by atoms with Crippen LogP contribution in [0.1, 0.15) is 15.9 Å². The van der Waals surface area contributed by atoms with Gasteiger partial charge in [-0.15, -0.1) is 0 Å². The van der Waals surface area contributed by atoms with Crippen molar-refractivity contribution < 1.29 is 33.9 Å². The molecule has 196 valence electrons. The van der Waals surface area contributed by atoms with Crippen LogP contribution in [0.3, 0.4) is 0 Å². The average molecular weight is 550 g/mol. The summed E-state index contributed by atoms with van der Waals surface area (Å²) >= 11 is 0.567. The van der Waals surface area contributed by atoms with Gasteiger partial charge in [0.15, 0.2) is 5.78 Å². The molecule has 1 fully saturated rings. The molecule has 15 heteroatoms. The van der Waals surface area contributed by atoms with E-state index in [0.717, 1.165) is 35.2 Å². The van der Waals surface area contributed by atoms with E-state index in [1.807, 2.05) is 0 Å². The Morgan fingerprint density at radius 3 is 2.13 bits per heavy atom. The number of thioether (sulfide) groups is 1. The summed E-state index contributed by atoms with van der Waals surface area (Å²) in [6, 6.07) is 13.7. The van der Waals surface area contributed by atoms with Crippen LogP contribution in [0.4, 0.5) is 21.9 Å². The van der Waals surface area contributed by atoms with E-state index in [0.29, 0.717) is 11.8 Å². The summed E-state index contributed by atoms with van der Waals surface area (Å²) in [6.07, 6.45) is 1.31. The second-order valence-electron chi connectivity index (χ2n) is 7.80. The van der Waals surface area contributed by atoms with Crippen molar-refractivity contribution in [3.63, 3.8) is 0 Å². The fraction of sp³-hybridized carbons (Fsp3) is 0.0417. The highest BCUT2D eigenvalue weighted by Gasteiger charge is 2.36. The molecule has 0 atom stereocenters. The number of nitrogens with zero attached hydrogens (tertiary/aromatic N) is 4. The Bertz CT molecular complexity index is 1590. The summed E-state index contributed by atoms with van der Waals surface area (Å²) in [6.45, 7) is -0.590. The minimum atomic E-state index is -0.835. The Kier molecular flexibility index (Phi) is 7.44. The first-order valence-corrected chi connectivity index (χ1v) is 11.6. The molecule has 4 rings (SSSR count). The van der Waals surface area contributed by atoms with Crippen molar-refractivity contribution in [1.29, 1.82) is 0 Å². The van der Waals surface area contributed by atoms with Crippen LogP contribution in [0.25, 0.3) is 6.08 Å². The van der Waals surface area contributed by atoms with E-state index in [9.17, 15) is 44.7 Å². The number of nitro benzene ring substituents is 3. The van der Waals surface area contributed by atoms with E-state index in [1.165, 1.54) is 30.3 Å². The predicted molar refractivity (Wildman–Crippen MR) is 136 cm³/mol. The van der Waals surface area contributed by atoms with Crippen LogP contribution in [-0.2, 0) is 4.79 Å².